The molecule has 0 saturated carbocycles. The molecular weight excluding hydrogens is 545 g/mol. The van der Waals surface area contributed by atoms with E-state index in [0.29, 0.717) is 21.5 Å². The molecule has 3 aromatic carbocycles. The van der Waals surface area contributed by atoms with Crippen LogP contribution in [0, 0.1) is 0 Å². The molecule has 0 aliphatic carbocycles. The van der Waals surface area contributed by atoms with Crippen molar-refractivity contribution < 1.29 is 37.0 Å². The lowest BCUT2D eigenvalue weighted by Crippen LogP contribution is -2.31. The fourth-order valence-corrected chi connectivity index (χ4v) is 3.49. The summed E-state index contributed by atoms with van der Waals surface area (Å²) in [4.78, 5) is 26.0. The standard InChI is InChI=1S/C25H20BrF3N2O5/c1-34-21-13-16(17(26)14-22(21)35-2)12-19(31-23(32)15-8-4-3-5-9-15)24(33)30-18-10-6-7-11-20(18)36-25(27,28)29/h3-14H,1-2H3,(H,30,33)(H,31,32)/b19-12-. The zero-order valence-corrected chi connectivity index (χ0v) is 20.6. The maximum Gasteiger partial charge on any atom is 0.573 e. The molecule has 0 aromatic heterocycles. The lowest BCUT2D eigenvalue weighted by molar-refractivity contribution is -0.274. The molecule has 36 heavy (non-hydrogen) atoms. The van der Waals surface area contributed by atoms with E-state index < -0.39 is 23.9 Å². The van der Waals surface area contributed by atoms with E-state index in [4.69, 9.17) is 9.47 Å². The highest BCUT2D eigenvalue weighted by Gasteiger charge is 2.32. The summed E-state index contributed by atoms with van der Waals surface area (Å²) in [5.41, 5.74) is 0.194. The maximum atomic E-state index is 13.2. The van der Waals surface area contributed by atoms with Gasteiger partial charge in [0.2, 0.25) is 0 Å². The van der Waals surface area contributed by atoms with Gasteiger partial charge in [0.1, 0.15) is 5.70 Å². The normalized spacial score (nSPS) is 11.4. The van der Waals surface area contributed by atoms with Crippen LogP contribution in [-0.2, 0) is 4.79 Å². The lowest BCUT2D eigenvalue weighted by Gasteiger charge is -2.16. The van der Waals surface area contributed by atoms with E-state index in [1.165, 1.54) is 38.5 Å². The van der Waals surface area contributed by atoms with Gasteiger partial charge in [0.05, 0.1) is 19.9 Å². The molecule has 0 spiro atoms. The maximum absolute atomic E-state index is 13.2. The number of rotatable bonds is 8. The van der Waals surface area contributed by atoms with Gasteiger partial charge < -0.3 is 24.8 Å². The zero-order valence-electron chi connectivity index (χ0n) is 19.0. The molecule has 0 atom stereocenters. The number of amides is 2. The van der Waals surface area contributed by atoms with Crippen LogP contribution >= 0.6 is 15.9 Å². The second-order valence-electron chi connectivity index (χ2n) is 7.10. The van der Waals surface area contributed by atoms with Gasteiger partial charge in [0, 0.05) is 10.0 Å². The Morgan fingerprint density at radius 2 is 1.50 bits per heavy atom. The number of carbonyl (C=O) groups is 2. The van der Waals surface area contributed by atoms with E-state index in [2.05, 4.69) is 31.3 Å². The van der Waals surface area contributed by atoms with E-state index in [1.54, 1.807) is 42.5 Å². The number of nitrogens with one attached hydrogen (secondary N) is 2. The molecule has 2 N–H and O–H groups in total. The molecule has 188 valence electrons. The van der Waals surface area contributed by atoms with E-state index in [-0.39, 0.29) is 16.9 Å². The van der Waals surface area contributed by atoms with Gasteiger partial charge in [-0.15, -0.1) is 13.2 Å². The van der Waals surface area contributed by atoms with Crippen LogP contribution in [0.25, 0.3) is 6.08 Å². The summed E-state index contributed by atoms with van der Waals surface area (Å²) >= 11 is 3.38. The number of hydrogen-bond acceptors (Lipinski definition) is 5. The van der Waals surface area contributed by atoms with Crippen molar-refractivity contribution in [3.05, 3.63) is 88.0 Å². The van der Waals surface area contributed by atoms with Gasteiger partial charge in [-0.25, -0.2) is 0 Å². The second kappa shape index (κ2) is 11.6. The van der Waals surface area contributed by atoms with Crippen LogP contribution in [-0.4, -0.2) is 32.4 Å². The zero-order chi connectivity index (χ0) is 26.3. The largest absolute Gasteiger partial charge is 0.573 e. The first-order chi connectivity index (χ1) is 17.1. The van der Waals surface area contributed by atoms with Crippen LogP contribution in [0.5, 0.6) is 17.2 Å². The SMILES string of the molecule is COc1cc(Br)c(/C=C(\NC(=O)c2ccccc2)C(=O)Nc2ccccc2OC(F)(F)F)cc1OC. The Balaban J connectivity index is 2.01. The lowest BCUT2D eigenvalue weighted by atomic mass is 10.1. The molecule has 0 aliphatic rings. The number of alkyl halides is 3. The number of carbonyl (C=O) groups excluding carboxylic acids is 2. The van der Waals surface area contributed by atoms with Crippen molar-refractivity contribution in [1.29, 1.82) is 0 Å². The summed E-state index contributed by atoms with van der Waals surface area (Å²) < 4.78 is 53.5. The Hall–Kier alpha value is -3.99. The van der Waals surface area contributed by atoms with Gasteiger partial charge >= 0.3 is 6.36 Å². The first kappa shape index (κ1) is 26.6. The fraction of sp³-hybridized carbons (Fsp3) is 0.120. The molecule has 0 unspecified atom stereocenters. The van der Waals surface area contributed by atoms with Crippen LogP contribution < -0.4 is 24.8 Å². The Labute approximate surface area is 213 Å². The van der Waals surface area contributed by atoms with Crippen LogP contribution in [0.4, 0.5) is 18.9 Å². The molecule has 0 aliphatic heterocycles. The van der Waals surface area contributed by atoms with Gasteiger partial charge in [0.25, 0.3) is 11.8 Å². The third-order valence-corrected chi connectivity index (χ3v) is 5.38. The van der Waals surface area contributed by atoms with Gasteiger partial charge in [-0.2, -0.15) is 0 Å². The predicted molar refractivity (Wildman–Crippen MR) is 131 cm³/mol. The smallest absolute Gasteiger partial charge is 0.493 e. The average molecular weight is 565 g/mol. The number of methoxy groups -OCH3 is 2. The second-order valence-corrected chi connectivity index (χ2v) is 7.96. The Kier molecular flexibility index (Phi) is 8.59. The molecule has 2 amide bonds. The van der Waals surface area contributed by atoms with Crippen molar-refractivity contribution in [2.45, 2.75) is 6.36 Å². The van der Waals surface area contributed by atoms with Crippen molar-refractivity contribution >= 4 is 39.5 Å². The minimum atomic E-state index is -4.97. The molecule has 0 saturated heterocycles. The summed E-state index contributed by atoms with van der Waals surface area (Å²) in [6.45, 7) is 0. The Morgan fingerprint density at radius 1 is 0.889 bits per heavy atom. The molecule has 0 fully saturated rings. The van der Waals surface area contributed by atoms with E-state index >= 15 is 0 Å². The number of ether oxygens (including phenoxy) is 3. The molecular formula is C25H20BrF3N2O5. The molecule has 3 rings (SSSR count). The summed E-state index contributed by atoms with van der Waals surface area (Å²) in [7, 11) is 2.89. The molecule has 3 aromatic rings. The van der Waals surface area contributed by atoms with Crippen molar-refractivity contribution in [1.82, 2.24) is 5.32 Å². The summed E-state index contributed by atoms with van der Waals surface area (Å²) in [5, 5.41) is 4.88. The van der Waals surface area contributed by atoms with Crippen molar-refractivity contribution in [2.75, 3.05) is 19.5 Å². The highest BCUT2D eigenvalue weighted by Crippen LogP contribution is 2.35. The van der Waals surface area contributed by atoms with Crippen molar-refractivity contribution in [3.63, 3.8) is 0 Å². The first-order valence-electron chi connectivity index (χ1n) is 10.3. The third-order valence-electron chi connectivity index (χ3n) is 4.69. The van der Waals surface area contributed by atoms with Crippen LogP contribution in [0.2, 0.25) is 0 Å². The third kappa shape index (κ3) is 7.01. The molecule has 11 heteroatoms. The minimum absolute atomic E-state index is 0.244. The topological polar surface area (TPSA) is 85.9 Å². The van der Waals surface area contributed by atoms with Crippen LogP contribution in [0.15, 0.2) is 76.9 Å². The van der Waals surface area contributed by atoms with E-state index in [1.807, 2.05) is 0 Å². The summed E-state index contributed by atoms with van der Waals surface area (Å²) in [6.07, 6.45) is -3.62. The number of para-hydroxylation sites is 2. The number of hydrogen-bond donors (Lipinski definition) is 2. The molecule has 0 radical (unpaired) electrons. The van der Waals surface area contributed by atoms with Crippen LogP contribution in [0.1, 0.15) is 15.9 Å². The molecule has 0 bridgehead atoms. The summed E-state index contributed by atoms with van der Waals surface area (Å²) in [6, 6.07) is 16.3. The van der Waals surface area contributed by atoms with Crippen molar-refractivity contribution in [3.8, 4) is 17.2 Å². The van der Waals surface area contributed by atoms with Gasteiger partial charge in [0.15, 0.2) is 17.2 Å². The van der Waals surface area contributed by atoms with Gasteiger partial charge in [-0.05, 0) is 48.0 Å². The minimum Gasteiger partial charge on any atom is -0.493 e. The highest BCUT2D eigenvalue weighted by molar-refractivity contribution is 9.10. The number of anilines is 1. The number of halogens is 4. The van der Waals surface area contributed by atoms with E-state index in [0.717, 1.165) is 6.07 Å². The number of benzene rings is 3. The monoisotopic (exact) mass is 564 g/mol. The average Bonchev–Trinajstić information content (AvgIpc) is 2.85. The van der Waals surface area contributed by atoms with Gasteiger partial charge in [-0.3, -0.25) is 9.59 Å². The first-order valence-corrected chi connectivity index (χ1v) is 11.1. The quantitative estimate of drug-likeness (QED) is 0.339. The fourth-order valence-electron chi connectivity index (χ4n) is 3.05. The Bertz CT molecular complexity index is 1280. The Morgan fingerprint density at radius 3 is 2.14 bits per heavy atom. The molecule has 0 heterocycles. The van der Waals surface area contributed by atoms with E-state index in [9.17, 15) is 22.8 Å². The van der Waals surface area contributed by atoms with Crippen molar-refractivity contribution in [2.24, 2.45) is 0 Å². The molecule has 7 nitrogen and oxygen atoms in total. The summed E-state index contributed by atoms with van der Waals surface area (Å²) in [5.74, 6) is -1.34. The van der Waals surface area contributed by atoms with Gasteiger partial charge in [-0.1, -0.05) is 46.3 Å². The highest BCUT2D eigenvalue weighted by atomic mass is 79.9. The van der Waals surface area contributed by atoms with Crippen LogP contribution in [0.3, 0.4) is 0 Å². The predicted octanol–water partition coefficient (Wildman–Crippen LogP) is 5.77.